The number of amides is 1. The van der Waals surface area contributed by atoms with E-state index in [4.69, 9.17) is 21.2 Å². The number of hydrogen-bond acceptors (Lipinski definition) is 4. The Bertz CT molecular complexity index is 640. The normalized spacial score (nSPS) is 14.9. The minimum absolute atomic E-state index is 0.0757. The smallest absolute Gasteiger partial charge is 0.247 e. The molecule has 1 aliphatic rings. The third kappa shape index (κ3) is 6.22. The Labute approximate surface area is 167 Å². The van der Waals surface area contributed by atoms with Crippen molar-refractivity contribution in [1.82, 2.24) is 0 Å². The summed E-state index contributed by atoms with van der Waals surface area (Å²) in [6, 6.07) is 6.20. The van der Waals surface area contributed by atoms with Gasteiger partial charge in [-0.2, -0.15) is 0 Å². The third-order valence-electron chi connectivity index (χ3n) is 4.87. The van der Waals surface area contributed by atoms with Gasteiger partial charge in [0.25, 0.3) is 0 Å². The second kappa shape index (κ2) is 11.3. The fraction of sp³-hybridized carbons (Fsp3) is 0.619. The molecule has 5 nitrogen and oxygen atoms in total. The summed E-state index contributed by atoms with van der Waals surface area (Å²) in [4.78, 5) is 20.2. The second-order valence-corrected chi connectivity index (χ2v) is 7.35. The average Bonchev–Trinajstić information content (AvgIpc) is 3.22. The SMILES string of the molecule is CCc1ccc(CCOC)cc1N(CON=C1CCCC1)C(=O)C(Cl)CC. The molecule has 0 bridgehead atoms. The van der Waals surface area contributed by atoms with Gasteiger partial charge in [-0.15, -0.1) is 11.6 Å². The number of nitrogens with zero attached hydrogens (tertiary/aromatic N) is 2. The minimum Gasteiger partial charge on any atom is -0.384 e. The summed E-state index contributed by atoms with van der Waals surface area (Å²) in [7, 11) is 1.69. The second-order valence-electron chi connectivity index (χ2n) is 6.82. The van der Waals surface area contributed by atoms with Crippen LogP contribution in [0.2, 0.25) is 0 Å². The quantitative estimate of drug-likeness (QED) is 0.328. The number of hydrogen-bond donors (Lipinski definition) is 0. The molecule has 0 aliphatic heterocycles. The van der Waals surface area contributed by atoms with E-state index in [2.05, 4.69) is 24.2 Å². The highest BCUT2D eigenvalue weighted by Crippen LogP contribution is 2.26. The molecular weight excluding hydrogens is 364 g/mol. The van der Waals surface area contributed by atoms with Crippen LogP contribution in [0.5, 0.6) is 0 Å². The van der Waals surface area contributed by atoms with Crippen LogP contribution in [-0.2, 0) is 27.2 Å². The molecule has 0 N–H and O–H groups in total. The average molecular weight is 395 g/mol. The largest absolute Gasteiger partial charge is 0.384 e. The highest BCUT2D eigenvalue weighted by Gasteiger charge is 2.25. The van der Waals surface area contributed by atoms with Crippen molar-refractivity contribution in [3.63, 3.8) is 0 Å². The fourth-order valence-electron chi connectivity index (χ4n) is 3.18. The third-order valence-corrected chi connectivity index (χ3v) is 5.37. The van der Waals surface area contributed by atoms with Gasteiger partial charge in [-0.1, -0.05) is 31.1 Å². The number of anilines is 1. The zero-order chi connectivity index (χ0) is 19.6. The van der Waals surface area contributed by atoms with Crippen LogP contribution >= 0.6 is 11.6 Å². The summed E-state index contributed by atoms with van der Waals surface area (Å²) in [6.07, 6.45) is 6.45. The van der Waals surface area contributed by atoms with Crippen molar-refractivity contribution in [2.24, 2.45) is 5.16 Å². The number of methoxy groups -OCH3 is 1. The molecule has 0 saturated heterocycles. The molecule has 0 radical (unpaired) electrons. The standard InChI is InChI=1S/C21H31ClN2O3/c1-4-17-11-10-16(12-13-26-3)14-20(17)24(21(25)19(22)5-2)15-27-23-18-8-6-7-9-18/h10-11,14,19H,4-9,12-13,15H2,1-3H3. The summed E-state index contributed by atoms with van der Waals surface area (Å²) in [5.41, 5.74) is 4.12. The van der Waals surface area contributed by atoms with Crippen molar-refractivity contribution in [2.45, 2.75) is 64.2 Å². The molecule has 1 atom stereocenters. The van der Waals surface area contributed by atoms with Crippen LogP contribution in [0.25, 0.3) is 0 Å². The van der Waals surface area contributed by atoms with E-state index in [0.29, 0.717) is 13.0 Å². The number of carbonyl (C=O) groups is 1. The molecule has 2 rings (SSSR count). The van der Waals surface area contributed by atoms with Crippen LogP contribution in [0.3, 0.4) is 0 Å². The number of ether oxygens (including phenoxy) is 1. The van der Waals surface area contributed by atoms with Gasteiger partial charge >= 0.3 is 0 Å². The lowest BCUT2D eigenvalue weighted by molar-refractivity contribution is -0.119. The van der Waals surface area contributed by atoms with Gasteiger partial charge in [-0.25, -0.2) is 0 Å². The Hall–Kier alpha value is -1.59. The predicted molar refractivity (Wildman–Crippen MR) is 111 cm³/mol. The molecule has 0 aromatic heterocycles. The summed E-state index contributed by atoms with van der Waals surface area (Å²) in [5.74, 6) is -0.149. The van der Waals surface area contributed by atoms with Crippen molar-refractivity contribution in [1.29, 1.82) is 0 Å². The first-order valence-electron chi connectivity index (χ1n) is 9.84. The molecule has 1 amide bonds. The number of oxime groups is 1. The molecule has 1 fully saturated rings. The first-order valence-corrected chi connectivity index (χ1v) is 10.3. The number of rotatable bonds is 10. The van der Waals surface area contributed by atoms with Gasteiger partial charge in [-0.05, 0) is 62.1 Å². The molecule has 150 valence electrons. The zero-order valence-corrected chi connectivity index (χ0v) is 17.4. The van der Waals surface area contributed by atoms with E-state index in [-0.39, 0.29) is 12.6 Å². The molecule has 1 aromatic carbocycles. The highest BCUT2D eigenvalue weighted by molar-refractivity contribution is 6.32. The van der Waals surface area contributed by atoms with Gasteiger partial charge in [0.2, 0.25) is 5.91 Å². The van der Waals surface area contributed by atoms with Crippen molar-refractivity contribution in [2.75, 3.05) is 25.3 Å². The Balaban J connectivity index is 2.26. The lowest BCUT2D eigenvalue weighted by atomic mass is 10.0. The van der Waals surface area contributed by atoms with Crippen LogP contribution in [0.1, 0.15) is 57.1 Å². The van der Waals surface area contributed by atoms with Crippen molar-refractivity contribution < 1.29 is 14.4 Å². The van der Waals surface area contributed by atoms with Crippen LogP contribution in [0, 0.1) is 0 Å². The van der Waals surface area contributed by atoms with Crippen LogP contribution < -0.4 is 4.90 Å². The summed E-state index contributed by atoms with van der Waals surface area (Å²) in [6.45, 7) is 4.69. The molecule has 1 aliphatic carbocycles. The summed E-state index contributed by atoms with van der Waals surface area (Å²) < 4.78 is 5.18. The van der Waals surface area contributed by atoms with E-state index in [1.807, 2.05) is 13.0 Å². The highest BCUT2D eigenvalue weighted by atomic mass is 35.5. The van der Waals surface area contributed by atoms with E-state index < -0.39 is 5.38 Å². The maximum atomic E-state index is 12.9. The lowest BCUT2D eigenvalue weighted by Crippen LogP contribution is -2.38. The van der Waals surface area contributed by atoms with Crippen LogP contribution in [0.4, 0.5) is 5.69 Å². The molecule has 1 aromatic rings. The molecule has 27 heavy (non-hydrogen) atoms. The molecule has 1 unspecified atom stereocenters. The fourth-order valence-corrected chi connectivity index (χ4v) is 3.30. The van der Waals surface area contributed by atoms with Crippen molar-refractivity contribution in [3.05, 3.63) is 29.3 Å². The monoisotopic (exact) mass is 394 g/mol. The first kappa shape index (κ1) is 21.7. The van der Waals surface area contributed by atoms with Gasteiger partial charge in [0.1, 0.15) is 5.38 Å². The van der Waals surface area contributed by atoms with E-state index in [1.54, 1.807) is 12.0 Å². The molecule has 1 saturated carbocycles. The molecule has 0 spiro atoms. The number of aryl methyl sites for hydroxylation is 1. The lowest BCUT2D eigenvalue weighted by Gasteiger charge is -2.26. The number of carbonyl (C=O) groups excluding carboxylic acids is 1. The number of alkyl halides is 1. The Morgan fingerprint density at radius 1 is 1.30 bits per heavy atom. The van der Waals surface area contributed by atoms with E-state index in [0.717, 1.165) is 61.1 Å². The number of halogens is 1. The summed E-state index contributed by atoms with van der Waals surface area (Å²) >= 11 is 6.28. The van der Waals surface area contributed by atoms with Gasteiger partial charge in [0, 0.05) is 7.11 Å². The minimum atomic E-state index is -0.583. The summed E-state index contributed by atoms with van der Waals surface area (Å²) in [5, 5.41) is 3.66. The molecule has 6 heteroatoms. The Kier molecular flexibility index (Phi) is 9.08. The Morgan fingerprint density at radius 2 is 2.04 bits per heavy atom. The molecular formula is C21H31ClN2O3. The van der Waals surface area contributed by atoms with Gasteiger partial charge in [0.15, 0.2) is 6.73 Å². The van der Waals surface area contributed by atoms with Gasteiger partial charge < -0.3 is 9.57 Å². The van der Waals surface area contributed by atoms with Crippen LogP contribution in [-0.4, -0.2) is 37.4 Å². The van der Waals surface area contributed by atoms with E-state index in [9.17, 15) is 4.79 Å². The number of benzene rings is 1. The first-order chi connectivity index (χ1) is 13.1. The van der Waals surface area contributed by atoms with Crippen LogP contribution in [0.15, 0.2) is 23.4 Å². The topological polar surface area (TPSA) is 51.1 Å². The van der Waals surface area contributed by atoms with E-state index in [1.165, 1.54) is 0 Å². The molecule has 0 heterocycles. The van der Waals surface area contributed by atoms with Crippen molar-refractivity contribution >= 4 is 28.9 Å². The zero-order valence-electron chi connectivity index (χ0n) is 16.7. The maximum absolute atomic E-state index is 12.9. The Morgan fingerprint density at radius 3 is 2.67 bits per heavy atom. The van der Waals surface area contributed by atoms with Gasteiger partial charge in [0.05, 0.1) is 18.0 Å². The van der Waals surface area contributed by atoms with E-state index >= 15 is 0 Å². The van der Waals surface area contributed by atoms with Crippen molar-refractivity contribution in [3.8, 4) is 0 Å². The predicted octanol–water partition coefficient (Wildman–Crippen LogP) is 4.69. The van der Waals surface area contributed by atoms with Gasteiger partial charge in [-0.3, -0.25) is 9.69 Å². The maximum Gasteiger partial charge on any atom is 0.247 e.